The highest BCUT2D eigenvalue weighted by Crippen LogP contribution is 2.20. The van der Waals surface area contributed by atoms with Crippen LogP contribution in [0, 0.1) is 0 Å². The van der Waals surface area contributed by atoms with Crippen LogP contribution in [0.1, 0.15) is 463 Å². The summed E-state index contributed by atoms with van der Waals surface area (Å²) >= 11 is 0. The van der Waals surface area contributed by atoms with E-state index < -0.39 is 12.1 Å². The molecule has 6 nitrogen and oxygen atoms in total. The maximum atomic E-state index is 12.6. The Kier molecular flexibility index (Phi) is 74.8. The van der Waals surface area contributed by atoms with Crippen molar-refractivity contribution in [2.24, 2.45) is 0 Å². The fourth-order valence-corrected chi connectivity index (χ4v) is 13.0. The third-order valence-electron chi connectivity index (χ3n) is 19.1. The molecule has 0 aromatic heterocycles. The Hall–Kier alpha value is -1.40. The molecular formula is C80H157NO5. The zero-order chi connectivity index (χ0) is 62.0. The number of carbonyl (C=O) groups is 2. The van der Waals surface area contributed by atoms with Crippen LogP contribution in [0.5, 0.6) is 0 Å². The number of hydrogen-bond acceptors (Lipinski definition) is 5. The monoisotopic (exact) mass is 1210 g/mol. The number of rotatable bonds is 76. The van der Waals surface area contributed by atoms with Crippen molar-refractivity contribution in [1.29, 1.82) is 0 Å². The second-order valence-corrected chi connectivity index (χ2v) is 27.8. The summed E-state index contributed by atoms with van der Waals surface area (Å²) in [4.78, 5) is 24.7. The normalized spacial score (nSPS) is 12.5. The molecule has 0 aromatic carbocycles. The summed E-state index contributed by atoms with van der Waals surface area (Å²) < 4.78 is 5.52. The van der Waals surface area contributed by atoms with Crippen molar-refractivity contribution in [1.82, 2.24) is 5.32 Å². The van der Waals surface area contributed by atoms with E-state index in [1.807, 2.05) is 0 Å². The van der Waals surface area contributed by atoms with Gasteiger partial charge < -0.3 is 20.3 Å². The molecule has 0 fully saturated rings. The van der Waals surface area contributed by atoms with Crippen LogP contribution in [0.4, 0.5) is 0 Å². The molecule has 2 atom stereocenters. The number of nitrogens with one attached hydrogen (secondary N) is 1. The van der Waals surface area contributed by atoms with Gasteiger partial charge in [0, 0.05) is 12.8 Å². The second-order valence-electron chi connectivity index (χ2n) is 27.8. The molecule has 0 aliphatic heterocycles. The van der Waals surface area contributed by atoms with E-state index >= 15 is 0 Å². The van der Waals surface area contributed by atoms with Gasteiger partial charge in [-0.1, -0.05) is 411 Å². The maximum Gasteiger partial charge on any atom is 0.305 e. The van der Waals surface area contributed by atoms with Gasteiger partial charge in [-0.05, 0) is 51.4 Å². The van der Waals surface area contributed by atoms with Crippen molar-refractivity contribution in [3.05, 3.63) is 12.2 Å². The van der Waals surface area contributed by atoms with E-state index in [4.69, 9.17) is 4.74 Å². The molecule has 0 spiro atoms. The molecule has 2 unspecified atom stereocenters. The lowest BCUT2D eigenvalue weighted by Gasteiger charge is -2.22. The maximum absolute atomic E-state index is 12.6. The fraction of sp³-hybridized carbons (Fsp3) is 0.950. The number of amides is 1. The Bertz CT molecular complexity index is 1300. The molecule has 3 N–H and O–H groups in total. The smallest absolute Gasteiger partial charge is 0.305 e. The molecule has 0 rings (SSSR count). The van der Waals surface area contributed by atoms with Gasteiger partial charge in [0.25, 0.3) is 0 Å². The Morgan fingerprint density at radius 2 is 0.547 bits per heavy atom. The molecule has 6 heteroatoms. The molecule has 0 aliphatic rings. The van der Waals surface area contributed by atoms with E-state index in [2.05, 4.69) is 31.3 Å². The van der Waals surface area contributed by atoms with Gasteiger partial charge in [0.15, 0.2) is 0 Å². The fourth-order valence-electron chi connectivity index (χ4n) is 13.0. The predicted octanol–water partition coefficient (Wildman–Crippen LogP) is 26.3. The van der Waals surface area contributed by atoms with E-state index in [9.17, 15) is 19.8 Å². The third-order valence-corrected chi connectivity index (χ3v) is 19.1. The zero-order valence-corrected chi connectivity index (χ0v) is 58.8. The van der Waals surface area contributed by atoms with E-state index in [1.165, 1.54) is 392 Å². The molecule has 0 aromatic rings. The highest BCUT2D eigenvalue weighted by atomic mass is 16.5. The first-order valence-corrected chi connectivity index (χ1v) is 39.9. The van der Waals surface area contributed by atoms with Crippen LogP contribution in [0.25, 0.3) is 0 Å². The molecular weight excluding hydrogens is 1050 g/mol. The lowest BCUT2D eigenvalue weighted by molar-refractivity contribution is -0.143. The highest BCUT2D eigenvalue weighted by molar-refractivity contribution is 5.76. The number of esters is 1. The van der Waals surface area contributed by atoms with Crippen molar-refractivity contribution in [2.45, 2.75) is 475 Å². The Morgan fingerprint density at radius 1 is 0.314 bits per heavy atom. The molecule has 0 saturated heterocycles. The first-order valence-electron chi connectivity index (χ1n) is 39.9. The summed E-state index contributed by atoms with van der Waals surface area (Å²) in [6.07, 6.45) is 95.9. The first-order chi connectivity index (χ1) is 42.5. The van der Waals surface area contributed by atoms with Crippen molar-refractivity contribution >= 4 is 11.9 Å². The third kappa shape index (κ3) is 71.7. The lowest BCUT2D eigenvalue weighted by atomic mass is 10.0. The van der Waals surface area contributed by atoms with Crippen LogP contribution < -0.4 is 5.32 Å². The van der Waals surface area contributed by atoms with Crippen molar-refractivity contribution < 1.29 is 24.5 Å². The lowest BCUT2D eigenvalue weighted by Crippen LogP contribution is -2.45. The largest absolute Gasteiger partial charge is 0.466 e. The minimum absolute atomic E-state index is 0.0228. The van der Waals surface area contributed by atoms with Gasteiger partial charge in [0.05, 0.1) is 25.4 Å². The van der Waals surface area contributed by atoms with Crippen LogP contribution in [0.3, 0.4) is 0 Å². The standard InChI is InChI=1S/C80H157NO5/c1-3-5-7-9-11-13-15-17-19-21-23-33-37-40-44-48-52-56-60-64-68-72-78(83)77(76-82)81-79(84)73-69-65-61-57-53-49-45-41-38-34-31-29-27-25-24-26-28-30-32-35-39-43-47-51-55-59-63-67-71-75-86-80(85)74-70-66-62-58-54-50-46-42-36-22-20-18-16-14-12-10-8-6-4-2/h24,26,77-78,82-83H,3-23,25,27-76H2,1-2H3,(H,81,84)/b26-24-. The van der Waals surface area contributed by atoms with E-state index in [0.717, 1.165) is 38.5 Å². The van der Waals surface area contributed by atoms with Crippen molar-refractivity contribution in [3.8, 4) is 0 Å². The summed E-state index contributed by atoms with van der Waals surface area (Å²) in [6, 6.07) is -0.541. The van der Waals surface area contributed by atoms with Gasteiger partial charge in [-0.3, -0.25) is 9.59 Å². The Balaban J connectivity index is 3.35. The highest BCUT2D eigenvalue weighted by Gasteiger charge is 2.20. The number of aliphatic hydroxyl groups is 2. The molecule has 0 heterocycles. The van der Waals surface area contributed by atoms with Crippen LogP contribution in [-0.4, -0.2) is 47.4 Å². The molecule has 0 radical (unpaired) electrons. The summed E-state index contributed by atoms with van der Waals surface area (Å²) in [6.45, 7) is 5.02. The number of unbranched alkanes of at least 4 members (excludes halogenated alkanes) is 63. The topological polar surface area (TPSA) is 95.9 Å². The van der Waals surface area contributed by atoms with Crippen LogP contribution in [0.2, 0.25) is 0 Å². The predicted molar refractivity (Wildman–Crippen MR) is 380 cm³/mol. The number of aliphatic hydroxyl groups excluding tert-OH is 2. The zero-order valence-electron chi connectivity index (χ0n) is 58.8. The number of carbonyl (C=O) groups excluding carboxylic acids is 2. The van der Waals surface area contributed by atoms with Gasteiger partial charge in [-0.2, -0.15) is 0 Å². The Labute approximate surface area is 539 Å². The quantitative estimate of drug-likeness (QED) is 0.0320. The van der Waals surface area contributed by atoms with E-state index in [-0.39, 0.29) is 18.5 Å². The molecule has 86 heavy (non-hydrogen) atoms. The van der Waals surface area contributed by atoms with Crippen molar-refractivity contribution in [2.75, 3.05) is 13.2 Å². The average Bonchev–Trinajstić information content (AvgIpc) is 3.54. The number of hydrogen-bond donors (Lipinski definition) is 3. The van der Waals surface area contributed by atoms with Crippen LogP contribution in [0.15, 0.2) is 12.2 Å². The van der Waals surface area contributed by atoms with Gasteiger partial charge in [-0.25, -0.2) is 0 Å². The summed E-state index contributed by atoms with van der Waals surface area (Å²) in [5, 5.41) is 23.5. The van der Waals surface area contributed by atoms with Crippen LogP contribution in [-0.2, 0) is 14.3 Å². The summed E-state index contributed by atoms with van der Waals surface area (Å²) in [7, 11) is 0. The second kappa shape index (κ2) is 76.1. The van der Waals surface area contributed by atoms with Gasteiger partial charge in [0.2, 0.25) is 5.91 Å². The minimum Gasteiger partial charge on any atom is -0.466 e. The van der Waals surface area contributed by atoms with E-state index in [0.29, 0.717) is 25.9 Å². The molecule has 0 saturated carbocycles. The first kappa shape index (κ1) is 84.6. The SMILES string of the molecule is CCCCCCCCCCCCCCCCCCCCCCCC(O)C(CO)NC(=O)CCCCCCCCCCCCCCC/C=C\CCCCCCCCCCCCCCOC(=O)CCCCCCCCCCCCCCCCCCCCC. The van der Waals surface area contributed by atoms with Gasteiger partial charge in [0.1, 0.15) is 0 Å². The summed E-state index contributed by atoms with van der Waals surface area (Å²) in [5.41, 5.74) is 0. The van der Waals surface area contributed by atoms with E-state index in [1.54, 1.807) is 0 Å². The minimum atomic E-state index is -0.664. The van der Waals surface area contributed by atoms with Crippen molar-refractivity contribution in [3.63, 3.8) is 0 Å². The van der Waals surface area contributed by atoms with Crippen LogP contribution >= 0.6 is 0 Å². The van der Waals surface area contributed by atoms with Gasteiger partial charge >= 0.3 is 5.97 Å². The molecule has 0 bridgehead atoms. The van der Waals surface area contributed by atoms with Gasteiger partial charge in [-0.15, -0.1) is 0 Å². The molecule has 0 aliphatic carbocycles. The number of allylic oxidation sites excluding steroid dienone is 2. The summed E-state index contributed by atoms with van der Waals surface area (Å²) in [5.74, 6) is -0.00576. The Morgan fingerprint density at radius 3 is 0.826 bits per heavy atom. The average molecular weight is 1210 g/mol. The number of ether oxygens (including phenoxy) is 1. The molecule has 512 valence electrons. The molecule has 1 amide bonds.